The third kappa shape index (κ3) is 1.98. The van der Waals surface area contributed by atoms with E-state index in [1.54, 1.807) is 0 Å². The lowest BCUT2D eigenvalue weighted by molar-refractivity contribution is 0.623. The summed E-state index contributed by atoms with van der Waals surface area (Å²) in [5, 5.41) is 0. The van der Waals surface area contributed by atoms with Crippen LogP contribution in [0.15, 0.2) is 60.7 Å². The SMILES string of the molecule is O=S(=O)=C1CCCC1(c1ccccc1)c1ccccc1. The van der Waals surface area contributed by atoms with Gasteiger partial charge in [0.1, 0.15) is 0 Å². The monoisotopic (exact) mass is 284 g/mol. The molecule has 2 aromatic carbocycles. The van der Waals surface area contributed by atoms with Crippen LogP contribution < -0.4 is 0 Å². The van der Waals surface area contributed by atoms with Crippen molar-refractivity contribution in [3.05, 3.63) is 71.8 Å². The van der Waals surface area contributed by atoms with Crippen molar-refractivity contribution in [2.24, 2.45) is 0 Å². The van der Waals surface area contributed by atoms with Crippen LogP contribution in [0.3, 0.4) is 0 Å². The summed E-state index contributed by atoms with van der Waals surface area (Å²) in [7, 11) is -2.14. The summed E-state index contributed by atoms with van der Waals surface area (Å²) in [5.41, 5.74) is 1.67. The molecule has 0 aliphatic heterocycles. The Bertz CT molecular complexity index is 684. The lowest BCUT2D eigenvalue weighted by atomic mass is 9.73. The lowest BCUT2D eigenvalue weighted by Gasteiger charge is -2.30. The van der Waals surface area contributed by atoms with Gasteiger partial charge in [-0.1, -0.05) is 60.7 Å². The smallest absolute Gasteiger partial charge is 0.185 e. The molecule has 0 atom stereocenters. The maximum Gasteiger partial charge on any atom is 0.214 e. The highest BCUT2D eigenvalue weighted by Crippen LogP contribution is 2.44. The lowest BCUT2D eigenvalue weighted by Crippen LogP contribution is -2.33. The summed E-state index contributed by atoms with van der Waals surface area (Å²) in [6.45, 7) is 0. The normalized spacial score (nSPS) is 17.1. The van der Waals surface area contributed by atoms with Crippen molar-refractivity contribution in [3.63, 3.8) is 0 Å². The van der Waals surface area contributed by atoms with Gasteiger partial charge in [-0.15, -0.1) is 0 Å². The Morgan fingerprint density at radius 3 is 1.75 bits per heavy atom. The van der Waals surface area contributed by atoms with Crippen molar-refractivity contribution in [1.29, 1.82) is 0 Å². The van der Waals surface area contributed by atoms with E-state index >= 15 is 0 Å². The van der Waals surface area contributed by atoms with E-state index in [0.29, 0.717) is 11.3 Å². The van der Waals surface area contributed by atoms with Crippen molar-refractivity contribution in [2.45, 2.75) is 24.7 Å². The molecule has 20 heavy (non-hydrogen) atoms. The Balaban J connectivity index is 2.33. The standard InChI is InChI=1S/C17H16O2S/c18-20(19)16-12-7-13-17(16,14-8-3-1-4-9-14)15-10-5-2-6-11-15/h1-6,8-11H,7,12-13H2. The molecule has 1 saturated carbocycles. The Kier molecular flexibility index (Phi) is 3.45. The molecule has 2 nitrogen and oxygen atoms in total. The van der Waals surface area contributed by atoms with Crippen LogP contribution in [0, 0.1) is 0 Å². The van der Waals surface area contributed by atoms with E-state index < -0.39 is 15.7 Å². The van der Waals surface area contributed by atoms with Gasteiger partial charge in [0.05, 0.1) is 10.3 Å². The number of hydrogen-bond donors (Lipinski definition) is 0. The zero-order chi connectivity index (χ0) is 14.0. The maximum atomic E-state index is 11.7. The molecule has 3 heteroatoms. The largest absolute Gasteiger partial charge is 0.214 e. The number of benzene rings is 2. The second-order valence-electron chi connectivity index (χ2n) is 5.15. The molecule has 1 aliphatic carbocycles. The van der Waals surface area contributed by atoms with Crippen LogP contribution in [0.4, 0.5) is 0 Å². The first-order valence-corrected chi connectivity index (χ1v) is 7.89. The fraction of sp³-hybridized carbons (Fsp3) is 0.235. The van der Waals surface area contributed by atoms with E-state index in [4.69, 9.17) is 0 Å². The van der Waals surface area contributed by atoms with Crippen molar-refractivity contribution >= 4 is 15.2 Å². The van der Waals surface area contributed by atoms with Crippen LogP contribution in [0.25, 0.3) is 0 Å². The van der Waals surface area contributed by atoms with E-state index in [-0.39, 0.29) is 0 Å². The van der Waals surface area contributed by atoms with Gasteiger partial charge in [-0.25, -0.2) is 0 Å². The Hall–Kier alpha value is -1.87. The first kappa shape index (κ1) is 13.1. The predicted molar refractivity (Wildman–Crippen MR) is 81.4 cm³/mol. The van der Waals surface area contributed by atoms with Gasteiger partial charge in [0.2, 0.25) is 10.3 Å². The molecule has 0 saturated heterocycles. The summed E-state index contributed by atoms with van der Waals surface area (Å²) in [4.78, 5) is 0.620. The summed E-state index contributed by atoms with van der Waals surface area (Å²) in [5.74, 6) is 0. The summed E-state index contributed by atoms with van der Waals surface area (Å²) >= 11 is 0. The summed E-state index contributed by atoms with van der Waals surface area (Å²) < 4.78 is 23.5. The third-order valence-corrected chi connectivity index (χ3v) is 5.12. The van der Waals surface area contributed by atoms with Gasteiger partial charge in [0.25, 0.3) is 0 Å². The molecule has 102 valence electrons. The number of hydrogen-bond acceptors (Lipinski definition) is 2. The van der Waals surface area contributed by atoms with Gasteiger partial charge in [-0.2, -0.15) is 8.42 Å². The molecule has 0 amide bonds. The first-order chi connectivity index (χ1) is 9.75. The van der Waals surface area contributed by atoms with Gasteiger partial charge >= 0.3 is 0 Å². The zero-order valence-corrected chi connectivity index (χ0v) is 11.9. The minimum atomic E-state index is -2.14. The topological polar surface area (TPSA) is 34.1 Å². The van der Waals surface area contributed by atoms with Gasteiger partial charge in [-0.3, -0.25) is 0 Å². The predicted octanol–water partition coefficient (Wildman–Crippen LogP) is 3.21. The van der Waals surface area contributed by atoms with Crippen molar-refractivity contribution in [2.75, 3.05) is 0 Å². The fourth-order valence-electron chi connectivity index (χ4n) is 3.32. The van der Waals surface area contributed by atoms with Crippen LogP contribution in [0.5, 0.6) is 0 Å². The summed E-state index contributed by atoms with van der Waals surface area (Å²) in [6, 6.07) is 20.0. The van der Waals surface area contributed by atoms with Gasteiger partial charge in [0, 0.05) is 0 Å². The maximum absolute atomic E-state index is 11.7. The Morgan fingerprint density at radius 1 is 0.800 bits per heavy atom. The van der Waals surface area contributed by atoms with Crippen molar-refractivity contribution in [3.8, 4) is 0 Å². The molecule has 2 aromatic rings. The number of rotatable bonds is 2. The van der Waals surface area contributed by atoms with Crippen LogP contribution in [0.2, 0.25) is 0 Å². The average molecular weight is 284 g/mol. The molecule has 0 heterocycles. The van der Waals surface area contributed by atoms with Gasteiger partial charge in [0.15, 0.2) is 0 Å². The minimum absolute atomic E-state index is 0.477. The van der Waals surface area contributed by atoms with Crippen molar-refractivity contribution in [1.82, 2.24) is 0 Å². The highest BCUT2D eigenvalue weighted by Gasteiger charge is 2.43. The quantitative estimate of drug-likeness (QED) is 0.794. The van der Waals surface area contributed by atoms with Gasteiger partial charge < -0.3 is 0 Å². The molecule has 0 spiro atoms. The molecule has 0 N–H and O–H groups in total. The molecule has 1 fully saturated rings. The van der Waals surface area contributed by atoms with Crippen molar-refractivity contribution < 1.29 is 8.42 Å². The second-order valence-corrected chi connectivity index (χ2v) is 6.11. The van der Waals surface area contributed by atoms with Crippen LogP contribution in [-0.4, -0.2) is 13.3 Å². The van der Waals surface area contributed by atoms with E-state index in [2.05, 4.69) is 0 Å². The molecule has 0 radical (unpaired) electrons. The Labute approximate surface area is 120 Å². The molecule has 0 unspecified atom stereocenters. The molecule has 3 rings (SSSR count). The van der Waals surface area contributed by atoms with E-state index in [9.17, 15) is 8.42 Å². The van der Waals surface area contributed by atoms with Crippen LogP contribution in [-0.2, 0) is 15.7 Å². The molecule has 0 bridgehead atoms. The average Bonchev–Trinajstić information content (AvgIpc) is 2.95. The fourth-order valence-corrected chi connectivity index (χ4v) is 4.25. The molecular weight excluding hydrogens is 268 g/mol. The highest BCUT2D eigenvalue weighted by atomic mass is 32.2. The van der Waals surface area contributed by atoms with E-state index in [1.807, 2.05) is 60.7 Å². The van der Waals surface area contributed by atoms with E-state index in [0.717, 1.165) is 24.0 Å². The minimum Gasteiger partial charge on any atom is -0.185 e. The molecular formula is C17H16O2S. The molecule has 0 aromatic heterocycles. The van der Waals surface area contributed by atoms with E-state index in [1.165, 1.54) is 0 Å². The second kappa shape index (κ2) is 5.25. The zero-order valence-electron chi connectivity index (χ0n) is 11.1. The van der Waals surface area contributed by atoms with Crippen LogP contribution in [0.1, 0.15) is 30.4 Å². The first-order valence-electron chi connectivity index (χ1n) is 6.82. The third-order valence-electron chi connectivity index (χ3n) is 4.17. The van der Waals surface area contributed by atoms with Gasteiger partial charge in [-0.05, 0) is 30.4 Å². The summed E-state index contributed by atoms with van der Waals surface area (Å²) in [6.07, 6.45) is 2.41. The Morgan fingerprint density at radius 2 is 1.30 bits per heavy atom. The van der Waals surface area contributed by atoms with Crippen LogP contribution >= 0.6 is 0 Å². The molecule has 1 aliphatic rings. The highest BCUT2D eigenvalue weighted by molar-refractivity contribution is 7.73.